The minimum absolute atomic E-state index is 0.138. The number of hydrazine groups is 1. The van der Waals surface area contributed by atoms with Crippen molar-refractivity contribution in [3.05, 3.63) is 0 Å². The molecule has 0 heterocycles. The SMILES string of the molecule is CCOC(=O)NNC(=O)CBr. The smallest absolute Gasteiger partial charge is 0.426 e. The molecule has 5 nitrogen and oxygen atoms in total. The van der Waals surface area contributed by atoms with Gasteiger partial charge in [-0.15, -0.1) is 0 Å². The summed E-state index contributed by atoms with van der Waals surface area (Å²) in [6.45, 7) is 1.95. The van der Waals surface area contributed by atoms with Crippen LogP contribution >= 0.6 is 15.9 Å². The van der Waals surface area contributed by atoms with Gasteiger partial charge in [0, 0.05) is 0 Å². The van der Waals surface area contributed by atoms with Gasteiger partial charge in [-0.05, 0) is 6.92 Å². The molecule has 0 bridgehead atoms. The number of carbonyl (C=O) groups excluding carboxylic acids is 2. The first-order valence-corrected chi connectivity index (χ1v) is 4.10. The van der Waals surface area contributed by atoms with Gasteiger partial charge in [-0.3, -0.25) is 10.2 Å². The first-order valence-electron chi connectivity index (χ1n) is 2.98. The molecule has 0 atom stereocenters. The normalized spacial score (nSPS) is 8.55. The Hall–Kier alpha value is -0.780. The summed E-state index contributed by atoms with van der Waals surface area (Å²) >= 11 is 2.90. The van der Waals surface area contributed by atoms with E-state index in [-0.39, 0.29) is 17.8 Å². The zero-order valence-corrected chi connectivity index (χ0v) is 7.60. The summed E-state index contributed by atoms with van der Waals surface area (Å²) in [6.07, 6.45) is -0.665. The number of nitrogens with one attached hydrogen (secondary N) is 2. The fourth-order valence-corrected chi connectivity index (χ4v) is 0.462. The van der Waals surface area contributed by atoms with Crippen LogP contribution in [0.2, 0.25) is 0 Å². The third-order valence-corrected chi connectivity index (χ3v) is 1.21. The fourth-order valence-electron chi connectivity index (χ4n) is 0.321. The highest BCUT2D eigenvalue weighted by molar-refractivity contribution is 9.09. The van der Waals surface area contributed by atoms with Crippen molar-refractivity contribution in [3.8, 4) is 0 Å². The van der Waals surface area contributed by atoms with E-state index in [9.17, 15) is 9.59 Å². The molecule has 0 aliphatic carbocycles. The van der Waals surface area contributed by atoms with E-state index in [0.717, 1.165) is 0 Å². The van der Waals surface area contributed by atoms with Crippen LogP contribution in [0.1, 0.15) is 6.92 Å². The highest BCUT2D eigenvalue weighted by Gasteiger charge is 2.01. The molecule has 0 aliphatic rings. The number of ether oxygens (including phenoxy) is 1. The number of hydrogen-bond donors (Lipinski definition) is 2. The molecule has 0 aromatic heterocycles. The van der Waals surface area contributed by atoms with Crippen LogP contribution < -0.4 is 10.9 Å². The quantitative estimate of drug-likeness (QED) is 0.519. The zero-order valence-electron chi connectivity index (χ0n) is 6.02. The molecule has 0 aromatic rings. The van der Waals surface area contributed by atoms with Crippen molar-refractivity contribution in [2.75, 3.05) is 11.9 Å². The minimum Gasteiger partial charge on any atom is -0.449 e. The summed E-state index contributed by atoms with van der Waals surface area (Å²) in [5, 5.41) is 0.138. The molecule has 0 spiro atoms. The highest BCUT2D eigenvalue weighted by atomic mass is 79.9. The van der Waals surface area contributed by atoms with E-state index in [1.165, 1.54) is 0 Å². The van der Waals surface area contributed by atoms with Gasteiger partial charge in [-0.25, -0.2) is 10.2 Å². The predicted octanol–water partition coefficient (Wildman–Crippen LogP) is 0.159. The van der Waals surface area contributed by atoms with Crippen molar-refractivity contribution in [1.82, 2.24) is 10.9 Å². The van der Waals surface area contributed by atoms with E-state index in [2.05, 4.69) is 26.1 Å². The maximum atomic E-state index is 10.5. The molecule has 64 valence electrons. The standard InChI is InChI=1S/C5H9BrN2O3/c1-2-11-5(10)8-7-4(9)3-6/h2-3H2,1H3,(H,7,9)(H,8,10). The number of carbonyl (C=O) groups is 2. The predicted molar refractivity (Wildman–Crippen MR) is 42.1 cm³/mol. The van der Waals surface area contributed by atoms with Gasteiger partial charge in [-0.2, -0.15) is 0 Å². The van der Waals surface area contributed by atoms with E-state index >= 15 is 0 Å². The number of hydrogen-bond acceptors (Lipinski definition) is 3. The summed E-state index contributed by atoms with van der Waals surface area (Å²) in [7, 11) is 0. The summed E-state index contributed by atoms with van der Waals surface area (Å²) < 4.78 is 4.46. The second-order valence-electron chi connectivity index (χ2n) is 1.53. The Morgan fingerprint density at radius 3 is 2.55 bits per heavy atom. The Balaban J connectivity index is 3.38. The van der Waals surface area contributed by atoms with Crippen LogP contribution in [0.4, 0.5) is 4.79 Å². The van der Waals surface area contributed by atoms with Gasteiger partial charge < -0.3 is 4.74 Å². The van der Waals surface area contributed by atoms with Crippen molar-refractivity contribution in [3.63, 3.8) is 0 Å². The lowest BCUT2D eigenvalue weighted by molar-refractivity contribution is -0.119. The average molecular weight is 225 g/mol. The molecular formula is C5H9BrN2O3. The lowest BCUT2D eigenvalue weighted by Crippen LogP contribution is -2.42. The van der Waals surface area contributed by atoms with Crippen LogP contribution in [-0.2, 0) is 9.53 Å². The molecule has 0 aliphatic heterocycles. The van der Waals surface area contributed by atoms with Gasteiger partial charge in [0.15, 0.2) is 0 Å². The molecule has 0 radical (unpaired) electrons. The molecule has 0 saturated heterocycles. The van der Waals surface area contributed by atoms with E-state index < -0.39 is 6.09 Å². The van der Waals surface area contributed by atoms with Crippen LogP contribution in [0.15, 0.2) is 0 Å². The van der Waals surface area contributed by atoms with Gasteiger partial charge >= 0.3 is 6.09 Å². The molecule has 2 amide bonds. The minimum atomic E-state index is -0.665. The van der Waals surface area contributed by atoms with Gasteiger partial charge in [0.1, 0.15) is 0 Å². The van der Waals surface area contributed by atoms with E-state index in [4.69, 9.17) is 0 Å². The van der Waals surface area contributed by atoms with E-state index in [1.54, 1.807) is 6.92 Å². The van der Waals surface area contributed by atoms with E-state index in [0.29, 0.717) is 0 Å². The number of rotatable bonds is 2. The number of amides is 2. The number of halogens is 1. The molecule has 0 saturated carbocycles. The van der Waals surface area contributed by atoms with Crippen LogP contribution in [0.5, 0.6) is 0 Å². The maximum Gasteiger partial charge on any atom is 0.426 e. The van der Waals surface area contributed by atoms with Gasteiger partial charge in [-0.1, -0.05) is 15.9 Å². The van der Waals surface area contributed by atoms with E-state index in [1.807, 2.05) is 5.43 Å². The molecule has 0 unspecified atom stereocenters. The van der Waals surface area contributed by atoms with Gasteiger partial charge in [0.2, 0.25) is 5.91 Å². The van der Waals surface area contributed by atoms with Crippen molar-refractivity contribution < 1.29 is 14.3 Å². The maximum absolute atomic E-state index is 10.5. The Morgan fingerprint density at radius 2 is 2.09 bits per heavy atom. The Labute approximate surface area is 72.6 Å². The summed E-state index contributed by atoms with van der Waals surface area (Å²) in [5.74, 6) is -0.335. The molecule has 11 heavy (non-hydrogen) atoms. The molecule has 0 fully saturated rings. The first kappa shape index (κ1) is 10.2. The largest absolute Gasteiger partial charge is 0.449 e. The summed E-state index contributed by atoms with van der Waals surface area (Å²) in [6, 6.07) is 0. The fraction of sp³-hybridized carbons (Fsp3) is 0.600. The second-order valence-corrected chi connectivity index (χ2v) is 2.09. The molecule has 0 aromatic carbocycles. The molecular weight excluding hydrogens is 216 g/mol. The van der Waals surface area contributed by atoms with Crippen molar-refractivity contribution in [2.45, 2.75) is 6.92 Å². The third kappa shape index (κ3) is 5.65. The lowest BCUT2D eigenvalue weighted by Gasteiger charge is -2.04. The second kappa shape index (κ2) is 5.96. The van der Waals surface area contributed by atoms with Gasteiger partial charge in [0.05, 0.1) is 11.9 Å². The van der Waals surface area contributed by atoms with Crippen LogP contribution in [-0.4, -0.2) is 23.9 Å². The third-order valence-electron chi connectivity index (χ3n) is 0.701. The molecule has 6 heteroatoms. The topological polar surface area (TPSA) is 67.4 Å². The Kier molecular flexibility index (Phi) is 5.54. The van der Waals surface area contributed by atoms with Crippen LogP contribution in [0.3, 0.4) is 0 Å². The van der Waals surface area contributed by atoms with Crippen LogP contribution in [0.25, 0.3) is 0 Å². The Morgan fingerprint density at radius 1 is 1.45 bits per heavy atom. The Bertz CT molecular complexity index is 151. The first-order chi connectivity index (χ1) is 5.20. The summed E-state index contributed by atoms with van der Waals surface area (Å²) in [4.78, 5) is 21.0. The van der Waals surface area contributed by atoms with Crippen molar-refractivity contribution in [2.24, 2.45) is 0 Å². The lowest BCUT2D eigenvalue weighted by atomic mass is 10.8. The van der Waals surface area contributed by atoms with Crippen molar-refractivity contribution in [1.29, 1.82) is 0 Å². The zero-order chi connectivity index (χ0) is 8.69. The number of alkyl halides is 1. The molecule has 0 rings (SSSR count). The van der Waals surface area contributed by atoms with Gasteiger partial charge in [0.25, 0.3) is 0 Å². The average Bonchev–Trinajstić information content (AvgIpc) is 2.01. The molecule has 2 N–H and O–H groups in total. The van der Waals surface area contributed by atoms with Crippen molar-refractivity contribution >= 4 is 27.9 Å². The highest BCUT2D eigenvalue weighted by Crippen LogP contribution is 1.77. The van der Waals surface area contributed by atoms with Crippen LogP contribution in [0, 0.1) is 0 Å². The monoisotopic (exact) mass is 224 g/mol. The summed E-state index contributed by atoms with van der Waals surface area (Å²) in [5.41, 5.74) is 4.15.